The molecule has 0 aliphatic carbocycles. The lowest BCUT2D eigenvalue weighted by molar-refractivity contribution is -0.0403. The Morgan fingerprint density at radius 1 is 1.44 bits per heavy atom. The molecule has 5 nitrogen and oxygen atoms in total. The highest BCUT2D eigenvalue weighted by atomic mass is 16.5. The van der Waals surface area contributed by atoms with Crippen molar-refractivity contribution in [2.45, 2.75) is 52.2 Å². The van der Waals surface area contributed by atoms with Crippen molar-refractivity contribution in [1.82, 2.24) is 10.1 Å². The number of ether oxygens (including phenoxy) is 1. The molecule has 0 aliphatic rings. The van der Waals surface area contributed by atoms with Crippen LogP contribution in [0.25, 0.3) is 0 Å². The third-order valence-corrected chi connectivity index (χ3v) is 2.81. The highest BCUT2D eigenvalue weighted by molar-refractivity contribution is 5.01. The summed E-state index contributed by atoms with van der Waals surface area (Å²) >= 11 is 0. The molecule has 92 valence electrons. The lowest BCUT2D eigenvalue weighted by Crippen LogP contribution is -2.26. The summed E-state index contributed by atoms with van der Waals surface area (Å²) in [5.74, 6) is 1.06. The van der Waals surface area contributed by atoms with E-state index in [2.05, 4.69) is 10.1 Å². The summed E-state index contributed by atoms with van der Waals surface area (Å²) in [6.07, 6.45) is 1.57. The van der Waals surface area contributed by atoms with Crippen molar-refractivity contribution in [2.24, 2.45) is 5.73 Å². The van der Waals surface area contributed by atoms with Crippen molar-refractivity contribution in [3.8, 4) is 0 Å². The first-order valence-electron chi connectivity index (χ1n) is 5.81. The topological polar surface area (TPSA) is 74.2 Å². The average Bonchev–Trinajstić information content (AvgIpc) is 2.78. The number of hydrogen-bond donors (Lipinski definition) is 1. The molecule has 2 N–H and O–H groups in total. The van der Waals surface area contributed by atoms with Crippen molar-refractivity contribution in [2.75, 3.05) is 6.61 Å². The second kappa shape index (κ2) is 5.41. The van der Waals surface area contributed by atoms with Gasteiger partial charge in [-0.25, -0.2) is 0 Å². The Balaban J connectivity index is 2.90. The average molecular weight is 227 g/mol. The van der Waals surface area contributed by atoms with Gasteiger partial charge in [-0.05, 0) is 26.7 Å². The van der Waals surface area contributed by atoms with Crippen LogP contribution >= 0.6 is 0 Å². The maximum Gasteiger partial charge on any atom is 0.243 e. The second-order valence-corrected chi connectivity index (χ2v) is 3.99. The Morgan fingerprint density at radius 3 is 2.62 bits per heavy atom. The molecule has 2 atom stereocenters. The monoisotopic (exact) mass is 227 g/mol. The molecule has 1 aromatic rings. The SMILES string of the molecule is CCOC(C)(CC)c1noc(C(N)CC)n1. The number of nitrogens with two attached hydrogens (primary N) is 1. The Labute approximate surface area is 96.4 Å². The highest BCUT2D eigenvalue weighted by Gasteiger charge is 2.31. The van der Waals surface area contributed by atoms with Crippen molar-refractivity contribution in [3.63, 3.8) is 0 Å². The zero-order valence-corrected chi connectivity index (χ0v) is 10.5. The van der Waals surface area contributed by atoms with Crippen molar-refractivity contribution < 1.29 is 9.26 Å². The minimum Gasteiger partial charge on any atom is -0.367 e. The van der Waals surface area contributed by atoms with E-state index in [-0.39, 0.29) is 6.04 Å². The zero-order chi connectivity index (χ0) is 12.2. The van der Waals surface area contributed by atoms with Gasteiger partial charge in [0.1, 0.15) is 5.60 Å². The Bertz CT molecular complexity index is 327. The van der Waals surface area contributed by atoms with Gasteiger partial charge in [-0.2, -0.15) is 4.98 Å². The van der Waals surface area contributed by atoms with Gasteiger partial charge in [0.2, 0.25) is 11.7 Å². The van der Waals surface area contributed by atoms with Gasteiger partial charge in [0.15, 0.2) is 0 Å². The summed E-state index contributed by atoms with van der Waals surface area (Å²) in [7, 11) is 0. The molecule has 0 spiro atoms. The molecule has 2 unspecified atom stereocenters. The van der Waals surface area contributed by atoms with Crippen LogP contribution in [0.3, 0.4) is 0 Å². The van der Waals surface area contributed by atoms with Crippen LogP contribution in [-0.2, 0) is 10.3 Å². The summed E-state index contributed by atoms with van der Waals surface area (Å²) < 4.78 is 10.8. The van der Waals surface area contributed by atoms with Gasteiger partial charge in [0.25, 0.3) is 0 Å². The van der Waals surface area contributed by atoms with Crippen LogP contribution in [0.4, 0.5) is 0 Å². The molecule has 1 heterocycles. The molecule has 0 radical (unpaired) electrons. The summed E-state index contributed by atoms with van der Waals surface area (Å²) in [4.78, 5) is 4.31. The summed E-state index contributed by atoms with van der Waals surface area (Å²) in [5.41, 5.74) is 5.35. The van der Waals surface area contributed by atoms with Crippen molar-refractivity contribution in [1.29, 1.82) is 0 Å². The summed E-state index contributed by atoms with van der Waals surface area (Å²) in [6, 6.07) is -0.191. The Morgan fingerprint density at radius 2 is 2.12 bits per heavy atom. The van der Waals surface area contributed by atoms with E-state index < -0.39 is 5.60 Å². The molecule has 0 bridgehead atoms. The molecule has 1 aromatic heterocycles. The number of nitrogens with zero attached hydrogens (tertiary/aromatic N) is 2. The third-order valence-electron chi connectivity index (χ3n) is 2.81. The summed E-state index contributed by atoms with van der Waals surface area (Å²) in [6.45, 7) is 8.55. The fraction of sp³-hybridized carbons (Fsp3) is 0.818. The van der Waals surface area contributed by atoms with Crippen LogP contribution in [0.15, 0.2) is 4.52 Å². The van der Waals surface area contributed by atoms with Gasteiger partial charge in [0.05, 0.1) is 6.04 Å². The molecule has 0 saturated heterocycles. The summed E-state index contributed by atoms with van der Waals surface area (Å²) in [5, 5.41) is 3.96. The van der Waals surface area contributed by atoms with E-state index in [0.29, 0.717) is 18.3 Å². The van der Waals surface area contributed by atoms with E-state index >= 15 is 0 Å². The van der Waals surface area contributed by atoms with Gasteiger partial charge >= 0.3 is 0 Å². The lowest BCUT2D eigenvalue weighted by atomic mass is 10.0. The van der Waals surface area contributed by atoms with Gasteiger partial charge in [-0.1, -0.05) is 19.0 Å². The van der Waals surface area contributed by atoms with Crippen LogP contribution in [0.2, 0.25) is 0 Å². The van der Waals surface area contributed by atoms with Crippen LogP contribution in [-0.4, -0.2) is 16.7 Å². The molecular weight excluding hydrogens is 206 g/mol. The molecule has 0 fully saturated rings. The first kappa shape index (κ1) is 13.1. The van der Waals surface area contributed by atoms with Crippen LogP contribution in [0.1, 0.15) is 58.3 Å². The van der Waals surface area contributed by atoms with E-state index in [1.165, 1.54) is 0 Å². The maximum atomic E-state index is 5.83. The largest absolute Gasteiger partial charge is 0.367 e. The fourth-order valence-corrected chi connectivity index (χ4v) is 1.42. The number of hydrogen-bond acceptors (Lipinski definition) is 5. The standard InChI is InChI=1S/C11H21N3O2/c1-5-8(12)9-13-10(14-16-9)11(4,6-2)15-7-3/h8H,5-7,12H2,1-4H3. The fourth-order valence-electron chi connectivity index (χ4n) is 1.42. The normalized spacial score (nSPS) is 17.1. The Hall–Kier alpha value is -0.940. The predicted molar refractivity (Wildman–Crippen MR) is 60.8 cm³/mol. The van der Waals surface area contributed by atoms with Gasteiger partial charge in [-0.3, -0.25) is 0 Å². The zero-order valence-electron chi connectivity index (χ0n) is 10.5. The van der Waals surface area contributed by atoms with Crippen LogP contribution in [0, 0.1) is 0 Å². The molecular formula is C11H21N3O2. The highest BCUT2D eigenvalue weighted by Crippen LogP contribution is 2.27. The van der Waals surface area contributed by atoms with Gasteiger partial charge < -0.3 is 15.0 Å². The smallest absolute Gasteiger partial charge is 0.243 e. The van der Waals surface area contributed by atoms with Crippen molar-refractivity contribution >= 4 is 0 Å². The molecule has 0 amide bonds. The molecule has 5 heteroatoms. The number of aromatic nitrogens is 2. The van der Waals surface area contributed by atoms with Gasteiger partial charge in [0, 0.05) is 6.61 Å². The number of rotatable bonds is 6. The predicted octanol–water partition coefficient (Wildman–Crippen LogP) is 2.14. The lowest BCUT2D eigenvalue weighted by Gasteiger charge is -2.23. The maximum absolute atomic E-state index is 5.83. The minimum atomic E-state index is -0.482. The first-order chi connectivity index (χ1) is 7.57. The molecule has 0 aromatic carbocycles. The Kier molecular flexibility index (Phi) is 4.44. The van der Waals surface area contributed by atoms with Crippen molar-refractivity contribution in [3.05, 3.63) is 11.7 Å². The molecule has 0 aliphatic heterocycles. The molecule has 1 rings (SSSR count). The molecule has 0 saturated carbocycles. The van der Waals surface area contributed by atoms with E-state index in [4.69, 9.17) is 15.0 Å². The van der Waals surface area contributed by atoms with E-state index in [1.54, 1.807) is 0 Å². The minimum absolute atomic E-state index is 0.191. The second-order valence-electron chi connectivity index (χ2n) is 3.99. The molecule has 16 heavy (non-hydrogen) atoms. The third kappa shape index (κ3) is 2.59. The first-order valence-corrected chi connectivity index (χ1v) is 5.81. The van der Waals surface area contributed by atoms with E-state index in [9.17, 15) is 0 Å². The van der Waals surface area contributed by atoms with Crippen LogP contribution in [0.5, 0.6) is 0 Å². The quantitative estimate of drug-likeness (QED) is 0.805. The van der Waals surface area contributed by atoms with E-state index in [0.717, 1.165) is 12.8 Å². The van der Waals surface area contributed by atoms with E-state index in [1.807, 2.05) is 27.7 Å². The van der Waals surface area contributed by atoms with Gasteiger partial charge in [-0.15, -0.1) is 0 Å². The van der Waals surface area contributed by atoms with Crippen LogP contribution < -0.4 is 5.73 Å².